The van der Waals surface area contributed by atoms with E-state index in [9.17, 15) is 4.79 Å². The Morgan fingerprint density at radius 1 is 1.34 bits per heavy atom. The van der Waals surface area contributed by atoms with Gasteiger partial charge >= 0.3 is 12.0 Å². The maximum absolute atomic E-state index is 12.1. The minimum Gasteiger partial charge on any atom is -0.462 e. The molecule has 2 atom stereocenters. The molecule has 0 aromatic carbocycles. The zero-order chi connectivity index (χ0) is 20.8. The number of anilines is 2. The van der Waals surface area contributed by atoms with Gasteiger partial charge in [-0.25, -0.2) is 4.79 Å². The predicted octanol–water partition coefficient (Wildman–Crippen LogP) is 2.56. The number of aromatic nitrogens is 4. The van der Waals surface area contributed by atoms with Crippen molar-refractivity contribution < 1.29 is 14.3 Å². The second kappa shape index (κ2) is 7.29. The predicted molar refractivity (Wildman–Crippen MR) is 108 cm³/mol. The molecule has 1 N–H and O–H groups in total. The molecule has 0 amide bonds. The maximum Gasteiger partial charge on any atom is 0.341 e. The van der Waals surface area contributed by atoms with E-state index in [0.29, 0.717) is 41.1 Å². The Kier molecular flexibility index (Phi) is 4.94. The van der Waals surface area contributed by atoms with Gasteiger partial charge in [0.05, 0.1) is 35.8 Å². The van der Waals surface area contributed by atoms with Crippen molar-refractivity contribution in [1.82, 2.24) is 20.2 Å². The Morgan fingerprint density at radius 3 is 2.76 bits per heavy atom. The summed E-state index contributed by atoms with van der Waals surface area (Å²) < 4.78 is 11.2. The van der Waals surface area contributed by atoms with Gasteiger partial charge in [-0.1, -0.05) is 11.6 Å². The van der Waals surface area contributed by atoms with E-state index < -0.39 is 5.97 Å². The fourth-order valence-electron chi connectivity index (χ4n) is 4.08. The third-order valence-corrected chi connectivity index (χ3v) is 5.56. The van der Waals surface area contributed by atoms with E-state index in [0.717, 1.165) is 18.7 Å². The lowest BCUT2D eigenvalue weighted by molar-refractivity contribution is 0.0523. The van der Waals surface area contributed by atoms with Crippen LogP contribution in [0.4, 0.5) is 11.5 Å². The van der Waals surface area contributed by atoms with Crippen LogP contribution in [0.2, 0.25) is 5.15 Å². The van der Waals surface area contributed by atoms with Crippen molar-refractivity contribution in [2.24, 2.45) is 0 Å². The number of fused-ring (bicyclic) bond motifs is 3. The molecule has 9 nitrogen and oxygen atoms in total. The average molecular weight is 419 g/mol. The van der Waals surface area contributed by atoms with Crippen molar-refractivity contribution in [2.75, 3.05) is 29.9 Å². The number of aryl methyl sites for hydroxylation is 2. The van der Waals surface area contributed by atoms with Crippen LogP contribution in [0.1, 0.15) is 42.0 Å². The second-order valence-electron chi connectivity index (χ2n) is 7.58. The summed E-state index contributed by atoms with van der Waals surface area (Å²) >= 11 is 6.06. The number of nitrogens with one attached hydrogen (secondary N) is 1. The van der Waals surface area contributed by atoms with Crippen LogP contribution in [0.15, 0.2) is 6.07 Å². The summed E-state index contributed by atoms with van der Waals surface area (Å²) in [4.78, 5) is 23.1. The summed E-state index contributed by atoms with van der Waals surface area (Å²) in [6.07, 6.45) is 0.660. The van der Waals surface area contributed by atoms with Gasteiger partial charge in [0.15, 0.2) is 11.0 Å². The quantitative estimate of drug-likeness (QED) is 0.750. The van der Waals surface area contributed by atoms with Crippen LogP contribution in [-0.4, -0.2) is 57.5 Å². The first-order chi connectivity index (χ1) is 13.8. The minimum atomic E-state index is -0.416. The first kappa shape index (κ1) is 19.6. The van der Waals surface area contributed by atoms with Crippen LogP contribution >= 0.6 is 11.6 Å². The molecule has 154 valence electrons. The van der Waals surface area contributed by atoms with Crippen LogP contribution in [0.3, 0.4) is 0 Å². The largest absolute Gasteiger partial charge is 0.462 e. The number of rotatable bonds is 4. The Balaban J connectivity index is 1.55. The topological polar surface area (TPSA) is 102 Å². The van der Waals surface area contributed by atoms with Gasteiger partial charge in [0.1, 0.15) is 11.7 Å². The highest BCUT2D eigenvalue weighted by atomic mass is 35.5. The Labute approximate surface area is 173 Å². The average Bonchev–Trinajstić information content (AvgIpc) is 2.97. The molecule has 2 aromatic heterocycles. The molecule has 0 radical (unpaired) electrons. The van der Waals surface area contributed by atoms with E-state index in [1.165, 1.54) is 0 Å². The zero-order valence-electron chi connectivity index (χ0n) is 16.8. The van der Waals surface area contributed by atoms with Crippen molar-refractivity contribution >= 4 is 29.1 Å². The lowest BCUT2D eigenvalue weighted by atomic mass is 9.96. The number of nitrogens with zero attached hydrogens (tertiary/aromatic N) is 5. The second-order valence-corrected chi connectivity index (χ2v) is 7.97. The SMILES string of the molecule is CCOC(=O)c1c(C)nc(O[C@H]2CN3c4cc(Cl)nnc4NC[C@@]3(C)C2)nc1C. The summed E-state index contributed by atoms with van der Waals surface area (Å²) in [5.41, 5.74) is 2.24. The molecule has 4 heterocycles. The van der Waals surface area contributed by atoms with Gasteiger partial charge in [0, 0.05) is 19.0 Å². The monoisotopic (exact) mass is 418 g/mol. The van der Waals surface area contributed by atoms with Crippen LogP contribution in [0, 0.1) is 13.8 Å². The van der Waals surface area contributed by atoms with Gasteiger partial charge in [-0.2, -0.15) is 9.97 Å². The molecule has 4 rings (SSSR count). The zero-order valence-corrected chi connectivity index (χ0v) is 17.6. The Morgan fingerprint density at radius 2 is 2.07 bits per heavy atom. The minimum absolute atomic E-state index is 0.119. The molecular formula is C19H23ClN6O3. The number of carbonyl (C=O) groups excluding carboxylic acids is 1. The number of esters is 1. The van der Waals surface area contributed by atoms with E-state index in [4.69, 9.17) is 21.1 Å². The van der Waals surface area contributed by atoms with E-state index in [2.05, 4.69) is 37.3 Å². The van der Waals surface area contributed by atoms with Gasteiger partial charge in [0.25, 0.3) is 0 Å². The van der Waals surface area contributed by atoms with E-state index >= 15 is 0 Å². The van der Waals surface area contributed by atoms with Crippen LogP contribution in [0.5, 0.6) is 6.01 Å². The van der Waals surface area contributed by atoms with Crippen LogP contribution in [0.25, 0.3) is 0 Å². The molecule has 2 aromatic rings. The van der Waals surface area contributed by atoms with Gasteiger partial charge in [-0.3, -0.25) is 0 Å². The molecule has 1 fully saturated rings. The summed E-state index contributed by atoms with van der Waals surface area (Å²) in [6, 6.07) is 2.08. The molecule has 2 aliphatic rings. The van der Waals surface area contributed by atoms with Crippen molar-refractivity contribution in [1.29, 1.82) is 0 Å². The molecule has 0 saturated carbocycles. The fourth-order valence-corrected chi connectivity index (χ4v) is 4.22. The summed E-state index contributed by atoms with van der Waals surface area (Å²) in [6.45, 7) is 9.12. The number of ether oxygens (including phenoxy) is 2. The normalized spacial score (nSPS) is 22.5. The van der Waals surface area contributed by atoms with E-state index in [1.54, 1.807) is 20.8 Å². The lowest BCUT2D eigenvalue weighted by Crippen LogP contribution is -2.50. The lowest BCUT2D eigenvalue weighted by Gasteiger charge is -2.41. The third kappa shape index (κ3) is 3.55. The van der Waals surface area contributed by atoms with Gasteiger partial charge in [-0.15, -0.1) is 10.2 Å². The smallest absolute Gasteiger partial charge is 0.341 e. The Hall–Kier alpha value is -2.68. The molecule has 1 saturated heterocycles. The number of halogens is 1. The number of hydrogen-bond acceptors (Lipinski definition) is 9. The van der Waals surface area contributed by atoms with Gasteiger partial charge < -0.3 is 19.7 Å². The van der Waals surface area contributed by atoms with Crippen molar-refractivity contribution in [2.45, 2.75) is 45.8 Å². The highest BCUT2D eigenvalue weighted by Gasteiger charge is 2.47. The van der Waals surface area contributed by atoms with Crippen molar-refractivity contribution in [3.8, 4) is 6.01 Å². The van der Waals surface area contributed by atoms with E-state index in [-0.39, 0.29) is 17.7 Å². The molecule has 0 bridgehead atoms. The number of carbonyl (C=O) groups is 1. The molecule has 0 spiro atoms. The molecule has 0 unspecified atom stereocenters. The first-order valence-electron chi connectivity index (χ1n) is 9.54. The summed E-state index contributed by atoms with van der Waals surface area (Å²) in [7, 11) is 0. The van der Waals surface area contributed by atoms with Gasteiger partial charge in [-0.05, 0) is 27.7 Å². The molecule has 0 aliphatic carbocycles. The van der Waals surface area contributed by atoms with Crippen LogP contribution in [-0.2, 0) is 4.74 Å². The fraction of sp³-hybridized carbons (Fsp3) is 0.526. The molecule has 2 aliphatic heterocycles. The van der Waals surface area contributed by atoms with E-state index in [1.807, 2.05) is 6.07 Å². The third-order valence-electron chi connectivity index (χ3n) is 5.38. The van der Waals surface area contributed by atoms with Gasteiger partial charge in [0.2, 0.25) is 0 Å². The molecule has 29 heavy (non-hydrogen) atoms. The highest BCUT2D eigenvalue weighted by Crippen LogP contribution is 2.42. The number of hydrogen-bond donors (Lipinski definition) is 1. The standard InChI is InChI=1S/C19H23ClN6O3/c1-5-28-17(27)15-10(2)22-18(23-11(15)3)29-12-7-19(4)9-21-16-13(26(19)8-12)6-14(20)24-25-16/h6,12H,5,7-9H2,1-4H3,(H,21,25)/t12-,19-/m1/s1. The first-order valence-corrected chi connectivity index (χ1v) is 9.92. The van der Waals surface area contributed by atoms with Crippen LogP contribution < -0.4 is 15.0 Å². The summed E-state index contributed by atoms with van der Waals surface area (Å²) in [5, 5.41) is 11.7. The van der Waals surface area contributed by atoms with Crippen molar-refractivity contribution in [3.05, 3.63) is 28.2 Å². The molecular weight excluding hydrogens is 396 g/mol. The maximum atomic E-state index is 12.1. The van der Waals surface area contributed by atoms with Crippen molar-refractivity contribution in [3.63, 3.8) is 0 Å². The summed E-state index contributed by atoms with van der Waals surface area (Å²) in [5.74, 6) is 0.300. The molecule has 10 heteroatoms. The Bertz CT molecular complexity index is 948. The highest BCUT2D eigenvalue weighted by molar-refractivity contribution is 6.29.